The van der Waals surface area contributed by atoms with E-state index in [1.165, 1.54) is 6.42 Å². The van der Waals surface area contributed by atoms with E-state index in [9.17, 15) is 4.79 Å². The van der Waals surface area contributed by atoms with Crippen molar-refractivity contribution < 1.29 is 9.53 Å². The maximum atomic E-state index is 13.0. The molecule has 5 nitrogen and oxygen atoms in total. The van der Waals surface area contributed by atoms with Gasteiger partial charge in [-0.15, -0.1) is 0 Å². The number of aromatic nitrogens is 1. The van der Waals surface area contributed by atoms with Crippen LogP contribution < -0.4 is 4.90 Å². The minimum atomic E-state index is 0.146. The molecule has 2 aliphatic heterocycles. The number of ether oxygens (including phenoxy) is 1. The summed E-state index contributed by atoms with van der Waals surface area (Å²) in [7, 11) is 0. The fourth-order valence-electron chi connectivity index (χ4n) is 4.34. The van der Waals surface area contributed by atoms with E-state index in [2.05, 4.69) is 14.8 Å². The summed E-state index contributed by atoms with van der Waals surface area (Å²) in [4.78, 5) is 21.8. The minimum absolute atomic E-state index is 0.146. The number of piperidine rings is 1. The number of amides is 1. The van der Waals surface area contributed by atoms with Gasteiger partial charge in [0.2, 0.25) is 5.91 Å². The second-order valence-electron chi connectivity index (χ2n) is 7.04. The Kier molecular flexibility index (Phi) is 4.63. The Labute approximate surface area is 147 Å². The third kappa shape index (κ3) is 3.11. The molecule has 6 heteroatoms. The van der Waals surface area contributed by atoms with E-state index < -0.39 is 0 Å². The molecular weight excluding hydrogens is 326 g/mol. The first-order chi connectivity index (χ1) is 11.7. The molecule has 0 spiro atoms. The van der Waals surface area contributed by atoms with Crippen LogP contribution >= 0.6 is 11.6 Å². The molecule has 0 N–H and O–H groups in total. The van der Waals surface area contributed by atoms with E-state index in [1.807, 2.05) is 12.1 Å². The number of morpholine rings is 1. The summed E-state index contributed by atoms with van der Waals surface area (Å²) in [5.74, 6) is 1.44. The van der Waals surface area contributed by atoms with E-state index in [1.54, 1.807) is 6.20 Å². The molecule has 4 rings (SSSR count). The van der Waals surface area contributed by atoms with E-state index in [0.717, 1.165) is 51.1 Å². The van der Waals surface area contributed by atoms with Crippen molar-refractivity contribution in [3.05, 3.63) is 23.4 Å². The van der Waals surface area contributed by atoms with Crippen molar-refractivity contribution in [1.29, 1.82) is 0 Å². The van der Waals surface area contributed by atoms with Crippen LogP contribution in [0.1, 0.15) is 32.1 Å². The summed E-state index contributed by atoms with van der Waals surface area (Å²) in [6, 6.07) is 4.15. The topological polar surface area (TPSA) is 45.7 Å². The van der Waals surface area contributed by atoms with Crippen molar-refractivity contribution in [1.82, 2.24) is 9.88 Å². The van der Waals surface area contributed by atoms with Crippen LogP contribution in [0.5, 0.6) is 0 Å². The van der Waals surface area contributed by atoms with Crippen LogP contribution in [-0.2, 0) is 9.53 Å². The van der Waals surface area contributed by atoms with Crippen molar-refractivity contribution in [2.24, 2.45) is 5.92 Å². The molecule has 1 aromatic heterocycles. The largest absolute Gasteiger partial charge is 0.374 e. The summed E-state index contributed by atoms with van der Waals surface area (Å²) in [6.07, 6.45) is 7.15. The van der Waals surface area contributed by atoms with Gasteiger partial charge in [0, 0.05) is 31.7 Å². The molecule has 0 bridgehead atoms. The predicted octanol–water partition coefficient (Wildman–Crippen LogP) is 2.73. The van der Waals surface area contributed by atoms with Crippen LogP contribution in [-0.4, -0.2) is 54.2 Å². The molecule has 3 fully saturated rings. The summed E-state index contributed by atoms with van der Waals surface area (Å²) in [5, 5.41) is 0.655. The highest BCUT2D eigenvalue weighted by molar-refractivity contribution is 6.30. The number of carbonyl (C=O) groups is 1. The van der Waals surface area contributed by atoms with Crippen LogP contribution in [0.3, 0.4) is 0 Å². The first kappa shape index (κ1) is 16.2. The third-order valence-corrected chi connectivity index (χ3v) is 5.87. The average Bonchev–Trinajstić information content (AvgIpc) is 3.11. The molecule has 2 atom stereocenters. The Balaban J connectivity index is 1.36. The highest BCUT2D eigenvalue weighted by atomic mass is 35.5. The highest BCUT2D eigenvalue weighted by Gasteiger charge is 2.40. The number of pyridine rings is 1. The Morgan fingerprint density at radius 3 is 2.75 bits per heavy atom. The lowest BCUT2D eigenvalue weighted by Gasteiger charge is -2.41. The number of halogens is 1. The molecule has 1 aliphatic carbocycles. The zero-order valence-corrected chi connectivity index (χ0v) is 14.6. The molecule has 0 radical (unpaired) electrons. The van der Waals surface area contributed by atoms with Crippen molar-refractivity contribution in [2.45, 2.75) is 44.2 Å². The van der Waals surface area contributed by atoms with Gasteiger partial charge in [-0.3, -0.25) is 4.79 Å². The molecule has 0 aromatic carbocycles. The Morgan fingerprint density at radius 1 is 1.17 bits per heavy atom. The zero-order valence-electron chi connectivity index (χ0n) is 13.9. The first-order valence-electron chi connectivity index (χ1n) is 9.01. The molecular formula is C18H24ClN3O2. The lowest BCUT2D eigenvalue weighted by molar-refractivity contribution is -0.149. The summed E-state index contributed by atoms with van der Waals surface area (Å²) < 4.78 is 5.83. The predicted molar refractivity (Wildman–Crippen MR) is 93.3 cm³/mol. The average molecular weight is 350 g/mol. The number of rotatable bonds is 2. The summed E-state index contributed by atoms with van der Waals surface area (Å²) >= 11 is 5.90. The van der Waals surface area contributed by atoms with E-state index in [-0.39, 0.29) is 12.0 Å². The molecule has 1 saturated carbocycles. The minimum Gasteiger partial charge on any atom is -0.374 e. The fourth-order valence-corrected chi connectivity index (χ4v) is 4.46. The van der Waals surface area contributed by atoms with E-state index in [0.29, 0.717) is 23.6 Å². The van der Waals surface area contributed by atoms with E-state index >= 15 is 0 Å². The van der Waals surface area contributed by atoms with E-state index in [4.69, 9.17) is 16.3 Å². The Morgan fingerprint density at radius 2 is 2.00 bits per heavy atom. The molecule has 24 heavy (non-hydrogen) atoms. The number of fused-ring (bicyclic) bond motifs is 1. The van der Waals surface area contributed by atoms with Crippen molar-refractivity contribution in [2.75, 3.05) is 31.1 Å². The van der Waals surface area contributed by atoms with Gasteiger partial charge in [0.05, 0.1) is 23.8 Å². The van der Waals surface area contributed by atoms with Gasteiger partial charge in [-0.25, -0.2) is 4.98 Å². The Bertz CT molecular complexity index is 586. The maximum Gasteiger partial charge on any atom is 0.226 e. The third-order valence-electron chi connectivity index (χ3n) is 5.65. The van der Waals surface area contributed by atoms with Gasteiger partial charge in [0.15, 0.2) is 0 Å². The van der Waals surface area contributed by atoms with Gasteiger partial charge in [-0.2, -0.15) is 0 Å². The zero-order chi connectivity index (χ0) is 16.5. The van der Waals surface area contributed by atoms with Gasteiger partial charge < -0.3 is 14.5 Å². The molecule has 1 amide bonds. The maximum absolute atomic E-state index is 13.0. The summed E-state index contributed by atoms with van der Waals surface area (Å²) in [6.45, 7) is 3.21. The highest BCUT2D eigenvalue weighted by Crippen LogP contribution is 2.32. The van der Waals surface area contributed by atoms with Gasteiger partial charge in [-0.1, -0.05) is 11.6 Å². The van der Waals surface area contributed by atoms with Crippen molar-refractivity contribution >= 4 is 23.3 Å². The quantitative estimate of drug-likeness (QED) is 0.823. The fraction of sp³-hybridized carbons (Fsp3) is 0.667. The number of hydrogen-bond donors (Lipinski definition) is 0. The van der Waals surface area contributed by atoms with Gasteiger partial charge in [0.1, 0.15) is 5.82 Å². The molecule has 1 aromatic rings. The van der Waals surface area contributed by atoms with Crippen LogP contribution in [0.2, 0.25) is 5.02 Å². The number of carbonyl (C=O) groups excluding carboxylic acids is 1. The van der Waals surface area contributed by atoms with Gasteiger partial charge in [-0.05, 0) is 44.2 Å². The standard InChI is InChI=1S/C18H24ClN3O2/c19-14-4-5-17(20-12-14)21-8-6-13(7-9-21)18(23)22-10-11-24-16-3-1-2-15(16)22/h4-5,12-13,15-16H,1-3,6-11H2/t15-,16+/m1/s1. The van der Waals surface area contributed by atoms with Gasteiger partial charge >= 0.3 is 0 Å². The smallest absolute Gasteiger partial charge is 0.226 e. The second kappa shape index (κ2) is 6.89. The lowest BCUT2D eigenvalue weighted by atomic mass is 9.94. The van der Waals surface area contributed by atoms with Crippen LogP contribution in [0.25, 0.3) is 0 Å². The lowest BCUT2D eigenvalue weighted by Crippen LogP contribution is -2.54. The van der Waals surface area contributed by atoms with Crippen molar-refractivity contribution in [3.63, 3.8) is 0 Å². The van der Waals surface area contributed by atoms with Crippen LogP contribution in [0, 0.1) is 5.92 Å². The molecule has 3 heterocycles. The van der Waals surface area contributed by atoms with Gasteiger partial charge in [0.25, 0.3) is 0 Å². The molecule has 130 valence electrons. The number of anilines is 1. The van der Waals surface area contributed by atoms with Crippen LogP contribution in [0.15, 0.2) is 18.3 Å². The number of hydrogen-bond acceptors (Lipinski definition) is 4. The molecule has 3 aliphatic rings. The second-order valence-corrected chi connectivity index (χ2v) is 7.47. The SMILES string of the molecule is O=C(C1CCN(c2ccc(Cl)cn2)CC1)N1CCO[C@H]2CCC[C@H]21. The first-order valence-corrected chi connectivity index (χ1v) is 9.39. The summed E-state index contributed by atoms with van der Waals surface area (Å²) in [5.41, 5.74) is 0. The normalized spacial score (nSPS) is 28.0. The Hall–Kier alpha value is -1.33. The monoisotopic (exact) mass is 349 g/mol. The van der Waals surface area contributed by atoms with Crippen molar-refractivity contribution in [3.8, 4) is 0 Å². The molecule has 0 unspecified atom stereocenters. The van der Waals surface area contributed by atoms with Crippen LogP contribution in [0.4, 0.5) is 5.82 Å². The molecule has 2 saturated heterocycles. The number of nitrogens with zero attached hydrogens (tertiary/aromatic N) is 3.